The van der Waals surface area contributed by atoms with Gasteiger partial charge in [-0.3, -0.25) is 0 Å². The van der Waals surface area contributed by atoms with Crippen LogP contribution in [0.4, 0.5) is 11.4 Å². The highest BCUT2D eigenvalue weighted by atomic mass is 16.4. The van der Waals surface area contributed by atoms with Crippen molar-refractivity contribution < 1.29 is 9.90 Å². The van der Waals surface area contributed by atoms with Crippen molar-refractivity contribution in [3.8, 4) is 11.1 Å². The summed E-state index contributed by atoms with van der Waals surface area (Å²) in [6, 6.07) is 10.0. The van der Waals surface area contributed by atoms with Crippen molar-refractivity contribution in [1.82, 2.24) is 0 Å². The third-order valence-corrected chi connectivity index (χ3v) is 2.89. The summed E-state index contributed by atoms with van der Waals surface area (Å²) in [5.41, 5.74) is 15.4. The average Bonchev–Trinajstić information content (AvgIpc) is 2.40. The molecule has 0 spiro atoms. The molecule has 0 aliphatic rings. The highest BCUT2D eigenvalue weighted by molar-refractivity contribution is 5.92. The lowest BCUT2D eigenvalue weighted by Gasteiger charge is -2.11. The number of carboxylic acids is 1. The monoisotopic (exact) mass is 254 g/mol. The molecule has 2 aromatic carbocycles. The fraction of sp³-hybridized carbons (Fsp3) is 0. The molecular formula is C15H14N2O2. The van der Waals surface area contributed by atoms with Gasteiger partial charge in [0, 0.05) is 16.9 Å². The van der Waals surface area contributed by atoms with E-state index in [1.165, 1.54) is 6.07 Å². The molecule has 0 atom stereocenters. The molecule has 2 rings (SSSR count). The Morgan fingerprint density at radius 2 is 1.84 bits per heavy atom. The third kappa shape index (κ3) is 2.42. The minimum absolute atomic E-state index is 0.209. The maximum absolute atomic E-state index is 11.0. The quantitative estimate of drug-likeness (QED) is 0.735. The lowest BCUT2D eigenvalue weighted by molar-refractivity contribution is 0.0697. The zero-order chi connectivity index (χ0) is 14.0. The molecule has 0 heterocycles. The highest BCUT2D eigenvalue weighted by Crippen LogP contribution is 2.31. The maximum atomic E-state index is 11.0. The maximum Gasteiger partial charge on any atom is 0.335 e. The van der Waals surface area contributed by atoms with E-state index in [0.29, 0.717) is 16.9 Å². The standard InChI is InChI=1S/C15H14N2O2/c1-2-9-7-10(15(18)19)3-5-12(9)13-8-11(16)4-6-14(13)17/h2-8H,1,16-17H2,(H,18,19). The van der Waals surface area contributed by atoms with E-state index in [9.17, 15) is 4.79 Å². The summed E-state index contributed by atoms with van der Waals surface area (Å²) in [6.45, 7) is 3.70. The van der Waals surface area contributed by atoms with Crippen LogP contribution >= 0.6 is 0 Å². The van der Waals surface area contributed by atoms with Crippen LogP contribution < -0.4 is 11.5 Å². The smallest absolute Gasteiger partial charge is 0.335 e. The molecular weight excluding hydrogens is 240 g/mol. The zero-order valence-corrected chi connectivity index (χ0v) is 10.3. The van der Waals surface area contributed by atoms with Crippen molar-refractivity contribution in [3.05, 3.63) is 54.1 Å². The first-order chi connectivity index (χ1) is 9.02. The Labute approximate surface area is 111 Å². The summed E-state index contributed by atoms with van der Waals surface area (Å²) in [7, 11) is 0. The Kier molecular flexibility index (Phi) is 3.25. The van der Waals surface area contributed by atoms with Crippen molar-refractivity contribution in [2.24, 2.45) is 0 Å². The molecule has 0 amide bonds. The predicted molar refractivity (Wildman–Crippen MR) is 77.8 cm³/mol. The molecule has 2 aromatic rings. The minimum atomic E-state index is -0.977. The Balaban J connectivity index is 2.65. The molecule has 0 saturated heterocycles. The number of carbonyl (C=O) groups is 1. The van der Waals surface area contributed by atoms with E-state index in [-0.39, 0.29) is 5.56 Å². The van der Waals surface area contributed by atoms with Gasteiger partial charge < -0.3 is 16.6 Å². The van der Waals surface area contributed by atoms with E-state index in [1.807, 2.05) is 0 Å². The topological polar surface area (TPSA) is 89.3 Å². The average molecular weight is 254 g/mol. The lowest BCUT2D eigenvalue weighted by Crippen LogP contribution is -1.99. The number of hydrogen-bond donors (Lipinski definition) is 3. The molecule has 96 valence electrons. The normalized spacial score (nSPS) is 10.1. The van der Waals surface area contributed by atoms with Crippen molar-refractivity contribution >= 4 is 23.4 Å². The second-order valence-corrected chi connectivity index (χ2v) is 4.16. The van der Waals surface area contributed by atoms with Crippen molar-refractivity contribution in [3.63, 3.8) is 0 Å². The van der Waals surface area contributed by atoms with E-state index in [0.717, 1.165) is 11.1 Å². The van der Waals surface area contributed by atoms with Crippen molar-refractivity contribution in [1.29, 1.82) is 0 Å². The van der Waals surface area contributed by atoms with Crippen LogP contribution in [0.2, 0.25) is 0 Å². The second kappa shape index (κ2) is 4.86. The van der Waals surface area contributed by atoms with E-state index in [4.69, 9.17) is 16.6 Å². The fourth-order valence-corrected chi connectivity index (χ4v) is 1.92. The summed E-state index contributed by atoms with van der Waals surface area (Å²) in [5, 5.41) is 8.99. The molecule has 0 fully saturated rings. The van der Waals surface area contributed by atoms with Gasteiger partial charge in [0.1, 0.15) is 0 Å². The molecule has 0 radical (unpaired) electrons. The summed E-state index contributed by atoms with van der Waals surface area (Å²) in [5.74, 6) is -0.977. The zero-order valence-electron chi connectivity index (χ0n) is 10.3. The van der Waals surface area contributed by atoms with E-state index >= 15 is 0 Å². The number of aromatic carboxylic acids is 1. The van der Waals surface area contributed by atoms with E-state index in [2.05, 4.69) is 6.58 Å². The largest absolute Gasteiger partial charge is 0.478 e. The molecule has 0 aliphatic carbocycles. The van der Waals surface area contributed by atoms with Gasteiger partial charge in [0.25, 0.3) is 0 Å². The van der Waals surface area contributed by atoms with Crippen LogP contribution in [0.25, 0.3) is 17.2 Å². The molecule has 0 unspecified atom stereocenters. The number of rotatable bonds is 3. The molecule has 0 saturated carbocycles. The summed E-state index contributed by atoms with van der Waals surface area (Å²) in [6.07, 6.45) is 1.60. The Bertz CT molecular complexity index is 663. The Hall–Kier alpha value is -2.75. The summed E-state index contributed by atoms with van der Waals surface area (Å²) in [4.78, 5) is 11.0. The number of hydrogen-bond acceptors (Lipinski definition) is 3. The van der Waals surface area contributed by atoms with Gasteiger partial charge in [-0.1, -0.05) is 18.7 Å². The first-order valence-corrected chi connectivity index (χ1v) is 5.68. The summed E-state index contributed by atoms with van der Waals surface area (Å²) >= 11 is 0. The molecule has 19 heavy (non-hydrogen) atoms. The Morgan fingerprint density at radius 1 is 1.11 bits per heavy atom. The number of benzene rings is 2. The lowest BCUT2D eigenvalue weighted by atomic mass is 9.96. The van der Waals surface area contributed by atoms with Crippen LogP contribution in [0, 0.1) is 0 Å². The second-order valence-electron chi connectivity index (χ2n) is 4.16. The van der Waals surface area contributed by atoms with Gasteiger partial charge in [-0.05, 0) is 41.5 Å². The van der Waals surface area contributed by atoms with Gasteiger partial charge in [0.15, 0.2) is 0 Å². The van der Waals surface area contributed by atoms with Crippen LogP contribution in [0.3, 0.4) is 0 Å². The number of carboxylic acid groups (broad SMARTS) is 1. The first-order valence-electron chi connectivity index (χ1n) is 5.68. The SMILES string of the molecule is C=Cc1cc(C(=O)O)ccc1-c1cc(N)ccc1N. The van der Waals surface area contributed by atoms with Gasteiger partial charge in [-0.2, -0.15) is 0 Å². The minimum Gasteiger partial charge on any atom is -0.478 e. The molecule has 0 bridgehead atoms. The van der Waals surface area contributed by atoms with Crippen molar-refractivity contribution in [2.45, 2.75) is 0 Å². The fourth-order valence-electron chi connectivity index (χ4n) is 1.92. The van der Waals surface area contributed by atoms with Gasteiger partial charge >= 0.3 is 5.97 Å². The molecule has 4 nitrogen and oxygen atoms in total. The van der Waals surface area contributed by atoms with Crippen LogP contribution in [-0.4, -0.2) is 11.1 Å². The van der Waals surface area contributed by atoms with E-state index in [1.54, 1.807) is 36.4 Å². The van der Waals surface area contributed by atoms with Crippen LogP contribution in [0.5, 0.6) is 0 Å². The molecule has 4 heteroatoms. The number of nitrogens with two attached hydrogens (primary N) is 2. The van der Waals surface area contributed by atoms with E-state index < -0.39 is 5.97 Å². The molecule has 0 aliphatic heterocycles. The summed E-state index contributed by atoms with van der Waals surface area (Å²) < 4.78 is 0. The highest BCUT2D eigenvalue weighted by Gasteiger charge is 2.10. The van der Waals surface area contributed by atoms with Gasteiger partial charge in [-0.25, -0.2) is 4.79 Å². The van der Waals surface area contributed by atoms with Gasteiger partial charge in [0.2, 0.25) is 0 Å². The predicted octanol–water partition coefficient (Wildman–Crippen LogP) is 2.86. The third-order valence-electron chi connectivity index (χ3n) is 2.89. The van der Waals surface area contributed by atoms with Crippen LogP contribution in [0.1, 0.15) is 15.9 Å². The first kappa shape index (κ1) is 12.7. The molecule has 5 N–H and O–H groups in total. The number of anilines is 2. The van der Waals surface area contributed by atoms with Gasteiger partial charge in [-0.15, -0.1) is 0 Å². The Morgan fingerprint density at radius 3 is 2.47 bits per heavy atom. The van der Waals surface area contributed by atoms with Gasteiger partial charge in [0.05, 0.1) is 5.56 Å². The van der Waals surface area contributed by atoms with Crippen molar-refractivity contribution in [2.75, 3.05) is 11.5 Å². The number of nitrogen functional groups attached to an aromatic ring is 2. The van der Waals surface area contributed by atoms with Crippen LogP contribution in [0.15, 0.2) is 43.0 Å². The van der Waals surface area contributed by atoms with Crippen LogP contribution in [-0.2, 0) is 0 Å². The molecule has 0 aromatic heterocycles.